The molecule has 3 aromatic heterocycles. The summed E-state index contributed by atoms with van der Waals surface area (Å²) in [6.07, 6.45) is -0.560. The van der Waals surface area contributed by atoms with E-state index in [1.54, 1.807) is 35.9 Å². The standard InChI is InChI=1S/C20H21ClN8O3/c1-12(2)10-32-20(30)23-16-9-4-6-13(22-16)11-31-19-24-17-14(21)7-5-8-15(17)29(19)18-25-26-27-28(18)3/h4-9,12H,10-11H2,1-3H3,(H,22,23,30). The van der Waals surface area contributed by atoms with Gasteiger partial charge in [-0.25, -0.2) is 19.0 Å². The number of rotatable bonds is 7. The molecule has 0 unspecified atom stereocenters. The minimum atomic E-state index is -0.560. The third-order valence-electron chi connectivity index (χ3n) is 4.34. The molecule has 0 aliphatic carbocycles. The number of pyridine rings is 1. The van der Waals surface area contributed by atoms with Crippen LogP contribution in [0.4, 0.5) is 10.6 Å². The molecule has 1 N–H and O–H groups in total. The highest BCUT2D eigenvalue weighted by atomic mass is 35.5. The molecular weight excluding hydrogens is 436 g/mol. The quantitative estimate of drug-likeness (QED) is 0.449. The molecule has 0 spiro atoms. The van der Waals surface area contributed by atoms with Crippen LogP contribution < -0.4 is 10.1 Å². The minimum absolute atomic E-state index is 0.0861. The Hall–Kier alpha value is -3.73. The van der Waals surface area contributed by atoms with Crippen LogP contribution >= 0.6 is 11.6 Å². The molecule has 3 heterocycles. The van der Waals surface area contributed by atoms with E-state index in [1.807, 2.05) is 26.0 Å². The number of halogens is 1. The number of tetrazole rings is 1. The molecule has 1 aromatic carbocycles. The largest absolute Gasteiger partial charge is 0.458 e. The van der Waals surface area contributed by atoms with E-state index in [9.17, 15) is 4.79 Å². The first-order chi connectivity index (χ1) is 15.4. The van der Waals surface area contributed by atoms with Crippen LogP contribution in [0.5, 0.6) is 6.01 Å². The smallest absolute Gasteiger partial charge is 0.412 e. The summed E-state index contributed by atoms with van der Waals surface area (Å²) in [7, 11) is 1.71. The lowest BCUT2D eigenvalue weighted by Gasteiger charge is -2.10. The molecule has 11 nitrogen and oxygen atoms in total. The third kappa shape index (κ3) is 4.62. The molecule has 166 valence electrons. The van der Waals surface area contributed by atoms with Gasteiger partial charge in [0.1, 0.15) is 17.9 Å². The fraction of sp³-hybridized carbons (Fsp3) is 0.300. The summed E-state index contributed by atoms with van der Waals surface area (Å²) in [5, 5.41) is 14.7. The first kappa shape index (κ1) is 21.5. The van der Waals surface area contributed by atoms with Gasteiger partial charge in [-0.15, -0.1) is 0 Å². The van der Waals surface area contributed by atoms with Crippen molar-refractivity contribution in [1.29, 1.82) is 0 Å². The first-order valence-corrected chi connectivity index (χ1v) is 10.2. The van der Waals surface area contributed by atoms with Crippen LogP contribution in [0.15, 0.2) is 36.4 Å². The molecule has 0 bridgehead atoms. The van der Waals surface area contributed by atoms with Crippen molar-refractivity contribution in [1.82, 2.24) is 34.7 Å². The van der Waals surface area contributed by atoms with Crippen molar-refractivity contribution in [3.8, 4) is 12.0 Å². The number of nitrogens with one attached hydrogen (secondary N) is 1. The van der Waals surface area contributed by atoms with Gasteiger partial charge in [0.2, 0.25) is 0 Å². The van der Waals surface area contributed by atoms with Gasteiger partial charge in [-0.2, -0.15) is 4.98 Å². The third-order valence-corrected chi connectivity index (χ3v) is 4.64. The van der Waals surface area contributed by atoms with E-state index in [4.69, 9.17) is 21.1 Å². The van der Waals surface area contributed by atoms with Crippen molar-refractivity contribution in [2.45, 2.75) is 20.5 Å². The van der Waals surface area contributed by atoms with Crippen LogP contribution in [0.2, 0.25) is 5.02 Å². The Labute approximate surface area is 188 Å². The van der Waals surface area contributed by atoms with Crippen molar-refractivity contribution in [3.05, 3.63) is 47.1 Å². The number of aryl methyl sites for hydroxylation is 1. The van der Waals surface area contributed by atoms with Gasteiger partial charge >= 0.3 is 12.1 Å². The lowest BCUT2D eigenvalue weighted by molar-refractivity contribution is 0.147. The molecule has 1 amide bonds. The number of aromatic nitrogens is 7. The number of hydrogen-bond acceptors (Lipinski definition) is 8. The summed E-state index contributed by atoms with van der Waals surface area (Å²) in [4.78, 5) is 20.8. The maximum atomic E-state index is 11.9. The number of fused-ring (bicyclic) bond motifs is 1. The molecule has 0 radical (unpaired) electrons. The lowest BCUT2D eigenvalue weighted by Crippen LogP contribution is -2.17. The number of amides is 1. The molecule has 0 fully saturated rings. The summed E-state index contributed by atoms with van der Waals surface area (Å²) < 4.78 is 14.3. The Bertz CT molecular complexity index is 1250. The monoisotopic (exact) mass is 456 g/mol. The van der Waals surface area contributed by atoms with Crippen molar-refractivity contribution in [2.75, 3.05) is 11.9 Å². The number of hydrogen-bond donors (Lipinski definition) is 1. The SMILES string of the molecule is CC(C)COC(=O)Nc1cccc(COc2nc3c(Cl)cccc3n2-c2nnnn2C)n1. The average molecular weight is 457 g/mol. The predicted octanol–water partition coefficient (Wildman–Crippen LogP) is 3.38. The number of carbonyl (C=O) groups is 1. The van der Waals surface area contributed by atoms with Gasteiger partial charge in [0.25, 0.3) is 5.95 Å². The highest BCUT2D eigenvalue weighted by Crippen LogP contribution is 2.29. The molecule has 4 aromatic rings. The second-order valence-corrected chi connectivity index (χ2v) is 7.77. The van der Waals surface area contributed by atoms with Gasteiger partial charge < -0.3 is 9.47 Å². The maximum Gasteiger partial charge on any atom is 0.412 e. The van der Waals surface area contributed by atoms with Crippen molar-refractivity contribution < 1.29 is 14.3 Å². The van der Waals surface area contributed by atoms with E-state index >= 15 is 0 Å². The Morgan fingerprint density at radius 2 is 2.00 bits per heavy atom. The molecule has 0 aliphatic rings. The average Bonchev–Trinajstić information content (AvgIpc) is 3.34. The molecule has 4 rings (SSSR count). The number of imidazole rings is 1. The second-order valence-electron chi connectivity index (χ2n) is 7.36. The Morgan fingerprint density at radius 1 is 1.19 bits per heavy atom. The number of ether oxygens (including phenoxy) is 2. The Balaban J connectivity index is 1.56. The van der Waals surface area contributed by atoms with E-state index < -0.39 is 6.09 Å². The normalized spacial score (nSPS) is 11.2. The van der Waals surface area contributed by atoms with Crippen LogP contribution in [-0.2, 0) is 18.4 Å². The van der Waals surface area contributed by atoms with Crippen LogP contribution in [-0.4, -0.2) is 47.4 Å². The lowest BCUT2D eigenvalue weighted by atomic mass is 10.2. The van der Waals surface area contributed by atoms with Gasteiger partial charge in [-0.3, -0.25) is 5.32 Å². The molecule has 0 saturated carbocycles. The zero-order chi connectivity index (χ0) is 22.7. The summed E-state index contributed by atoms with van der Waals surface area (Å²) in [6, 6.07) is 10.9. The number of anilines is 1. The van der Waals surface area contributed by atoms with Crippen LogP contribution in [0.3, 0.4) is 0 Å². The molecular formula is C20H21ClN8O3. The second kappa shape index (κ2) is 9.18. The highest BCUT2D eigenvalue weighted by Gasteiger charge is 2.20. The first-order valence-electron chi connectivity index (χ1n) is 9.84. The molecule has 0 aliphatic heterocycles. The molecule has 0 saturated heterocycles. The Kier molecular flexibility index (Phi) is 6.17. The van der Waals surface area contributed by atoms with Gasteiger partial charge in [-0.05, 0) is 40.6 Å². The summed E-state index contributed by atoms with van der Waals surface area (Å²) in [6.45, 7) is 4.33. The van der Waals surface area contributed by atoms with Crippen molar-refractivity contribution >= 4 is 34.5 Å². The zero-order valence-corrected chi connectivity index (χ0v) is 18.4. The molecule has 0 atom stereocenters. The molecule has 12 heteroatoms. The number of benzene rings is 1. The van der Waals surface area contributed by atoms with Gasteiger partial charge in [0.15, 0.2) is 0 Å². The van der Waals surface area contributed by atoms with E-state index in [0.29, 0.717) is 40.1 Å². The zero-order valence-electron chi connectivity index (χ0n) is 17.7. The fourth-order valence-electron chi connectivity index (χ4n) is 2.90. The van der Waals surface area contributed by atoms with Crippen LogP contribution in [0.1, 0.15) is 19.5 Å². The van der Waals surface area contributed by atoms with Crippen molar-refractivity contribution in [2.24, 2.45) is 13.0 Å². The van der Waals surface area contributed by atoms with Gasteiger partial charge in [0, 0.05) is 7.05 Å². The predicted molar refractivity (Wildman–Crippen MR) is 117 cm³/mol. The highest BCUT2D eigenvalue weighted by molar-refractivity contribution is 6.35. The van der Waals surface area contributed by atoms with Crippen molar-refractivity contribution in [3.63, 3.8) is 0 Å². The van der Waals surface area contributed by atoms with Crippen LogP contribution in [0, 0.1) is 5.92 Å². The molecule has 32 heavy (non-hydrogen) atoms. The summed E-state index contributed by atoms with van der Waals surface area (Å²) >= 11 is 6.32. The summed E-state index contributed by atoms with van der Waals surface area (Å²) in [5.41, 5.74) is 1.83. The number of nitrogens with zero attached hydrogens (tertiary/aromatic N) is 7. The topological polar surface area (TPSA) is 122 Å². The number of para-hydroxylation sites is 1. The fourth-order valence-corrected chi connectivity index (χ4v) is 3.11. The van der Waals surface area contributed by atoms with Crippen LogP contribution in [0.25, 0.3) is 17.0 Å². The maximum absolute atomic E-state index is 11.9. The van der Waals surface area contributed by atoms with E-state index in [2.05, 4.69) is 30.8 Å². The van der Waals surface area contributed by atoms with E-state index in [0.717, 1.165) is 0 Å². The van der Waals surface area contributed by atoms with E-state index in [1.165, 1.54) is 4.68 Å². The summed E-state index contributed by atoms with van der Waals surface area (Å²) in [5.74, 6) is 1.01. The van der Waals surface area contributed by atoms with Gasteiger partial charge in [-0.1, -0.05) is 42.7 Å². The Morgan fingerprint density at radius 3 is 2.75 bits per heavy atom. The number of carbonyl (C=O) groups excluding carboxylic acids is 1. The van der Waals surface area contributed by atoms with Gasteiger partial charge in [0.05, 0.1) is 22.8 Å². The minimum Gasteiger partial charge on any atom is -0.458 e. The van der Waals surface area contributed by atoms with E-state index in [-0.39, 0.29) is 18.5 Å².